The maximum atomic E-state index is 14.4. The third-order valence-corrected chi connectivity index (χ3v) is 14.6. The molecule has 398 valence electrons. The lowest BCUT2D eigenvalue weighted by Crippen LogP contribution is -2.31. The molecular formula is C42H20F24N4O2P2. The van der Waals surface area contributed by atoms with Gasteiger partial charge in [0.05, 0.1) is 14.2 Å². The Kier molecular flexibility index (Phi) is 15.1. The van der Waals surface area contributed by atoms with E-state index in [4.69, 9.17) is 9.47 Å². The minimum atomic E-state index is -5.89. The standard InChI is InChI=1S/C42H20F24N4O2P2/c1-71-21-5-3-7-23(73(17-9-25(35(43,44)45)67-26(10-17)36(46,47)48)18-11-27(37(49,50)51)68-28(12-18)38(52,53)54)33(21)34-22(72-2)6-4-8-24(34)74(19-13-29(39(55,56)57)69-30(14-19)40(58,59)60)20-15-31(41(61,62)63)70-32(16-20)42(64,65)66/h3-16H,1-2H3. The van der Waals surface area contributed by atoms with Gasteiger partial charge in [-0.25, -0.2) is 19.9 Å². The maximum absolute atomic E-state index is 14.4. The topological polar surface area (TPSA) is 70.0 Å². The van der Waals surface area contributed by atoms with Crippen LogP contribution >= 0.6 is 15.8 Å². The first kappa shape index (κ1) is 57.1. The van der Waals surface area contributed by atoms with Crippen LogP contribution in [-0.2, 0) is 49.4 Å². The van der Waals surface area contributed by atoms with Crippen LogP contribution in [0, 0.1) is 0 Å². The Morgan fingerprint density at radius 1 is 0.297 bits per heavy atom. The summed E-state index contributed by atoms with van der Waals surface area (Å²) in [5.74, 6) is -1.64. The van der Waals surface area contributed by atoms with E-state index in [1.54, 1.807) is 0 Å². The normalized spacial score (nSPS) is 13.5. The molecule has 0 atom stereocenters. The van der Waals surface area contributed by atoms with Crippen molar-refractivity contribution < 1.29 is 115 Å². The fourth-order valence-electron chi connectivity index (χ4n) is 6.85. The molecule has 0 aliphatic rings. The van der Waals surface area contributed by atoms with Crippen molar-refractivity contribution in [2.24, 2.45) is 0 Å². The van der Waals surface area contributed by atoms with Gasteiger partial charge in [0.2, 0.25) is 0 Å². The van der Waals surface area contributed by atoms with E-state index in [9.17, 15) is 105 Å². The highest BCUT2D eigenvalue weighted by Crippen LogP contribution is 2.50. The molecule has 0 amide bonds. The van der Waals surface area contributed by atoms with Crippen molar-refractivity contribution >= 4 is 47.7 Å². The van der Waals surface area contributed by atoms with Crippen molar-refractivity contribution in [3.8, 4) is 22.6 Å². The van der Waals surface area contributed by atoms with E-state index in [2.05, 4.69) is 19.9 Å². The summed E-state index contributed by atoms with van der Waals surface area (Å²) in [5, 5.41) is -7.77. The lowest BCUT2D eigenvalue weighted by atomic mass is 10.0. The molecule has 0 unspecified atom stereocenters. The Hall–Kier alpha value is -6.18. The number of aromatic nitrogens is 4. The Morgan fingerprint density at radius 3 is 0.622 bits per heavy atom. The minimum absolute atomic E-state index is 0.218. The number of hydrogen-bond donors (Lipinski definition) is 0. The zero-order valence-corrected chi connectivity index (χ0v) is 37.4. The molecule has 0 aliphatic carbocycles. The average molecular weight is 1130 g/mol. The molecule has 4 heterocycles. The van der Waals surface area contributed by atoms with Crippen LogP contribution in [0.4, 0.5) is 105 Å². The van der Waals surface area contributed by atoms with Gasteiger partial charge in [0.1, 0.15) is 57.1 Å². The molecule has 0 spiro atoms. The first-order valence-corrected chi connectivity index (χ1v) is 21.9. The zero-order valence-electron chi connectivity index (χ0n) is 35.7. The Balaban J connectivity index is 1.92. The van der Waals surface area contributed by atoms with Gasteiger partial charge in [-0.2, -0.15) is 105 Å². The molecule has 0 aliphatic heterocycles. The SMILES string of the molecule is COc1cccc(P(c2cc(C(F)(F)F)nc(C(F)(F)F)c2)c2cc(C(F)(F)F)nc(C(F)(F)F)c2)c1-c1c(OC)cccc1P(c1cc(C(F)(F)F)nc(C(F)(F)F)c1)c1cc(C(F)(F)F)nc(C(F)(F)F)c1. The first-order chi connectivity index (χ1) is 33.6. The molecule has 6 rings (SSSR count). The second-order valence-electron chi connectivity index (χ2n) is 14.7. The number of pyridine rings is 4. The van der Waals surface area contributed by atoms with Crippen LogP contribution in [-0.4, -0.2) is 34.2 Å². The first-order valence-electron chi connectivity index (χ1n) is 19.2. The summed E-state index contributed by atoms with van der Waals surface area (Å²) >= 11 is 0. The molecule has 0 radical (unpaired) electrons. The maximum Gasteiger partial charge on any atom is 0.433 e. The lowest BCUT2D eigenvalue weighted by molar-refractivity contribution is -0.151. The minimum Gasteiger partial charge on any atom is -0.496 e. The van der Waals surface area contributed by atoms with Gasteiger partial charge in [-0.05, 0) is 108 Å². The number of ether oxygens (including phenoxy) is 2. The zero-order chi connectivity index (χ0) is 55.7. The molecular weight excluding hydrogens is 1110 g/mol. The molecule has 2 aromatic carbocycles. The summed E-state index contributed by atoms with van der Waals surface area (Å²) in [7, 11) is -6.42. The molecule has 6 nitrogen and oxygen atoms in total. The smallest absolute Gasteiger partial charge is 0.433 e. The van der Waals surface area contributed by atoms with Gasteiger partial charge in [0.25, 0.3) is 0 Å². The van der Waals surface area contributed by atoms with Crippen LogP contribution in [0.15, 0.2) is 84.9 Å². The number of rotatable bonds is 9. The van der Waals surface area contributed by atoms with Gasteiger partial charge in [0.15, 0.2) is 0 Å². The highest BCUT2D eigenvalue weighted by Gasteiger charge is 2.46. The van der Waals surface area contributed by atoms with Gasteiger partial charge >= 0.3 is 49.4 Å². The largest absolute Gasteiger partial charge is 0.496 e. The van der Waals surface area contributed by atoms with Gasteiger partial charge in [-0.1, -0.05) is 24.3 Å². The molecule has 74 heavy (non-hydrogen) atoms. The number of hydrogen-bond acceptors (Lipinski definition) is 6. The van der Waals surface area contributed by atoms with E-state index >= 15 is 0 Å². The van der Waals surface area contributed by atoms with Crippen LogP contribution < -0.4 is 41.3 Å². The second kappa shape index (κ2) is 19.5. The lowest BCUT2D eigenvalue weighted by Gasteiger charge is -2.30. The predicted octanol–water partition coefficient (Wildman–Crippen LogP) is 12.6. The molecule has 0 fully saturated rings. The highest BCUT2D eigenvalue weighted by atomic mass is 31.1. The fraction of sp³-hybridized carbons (Fsp3) is 0.238. The van der Waals surface area contributed by atoms with E-state index in [-0.39, 0.29) is 48.5 Å². The van der Waals surface area contributed by atoms with E-state index in [1.807, 2.05) is 0 Å². The van der Waals surface area contributed by atoms with Crippen LogP contribution in [0.5, 0.6) is 11.5 Å². The average Bonchev–Trinajstić information content (AvgIpc) is 3.26. The molecule has 0 N–H and O–H groups in total. The summed E-state index contributed by atoms with van der Waals surface area (Å²) in [6, 6.07) is 2.75. The molecule has 0 saturated carbocycles. The van der Waals surface area contributed by atoms with Gasteiger partial charge < -0.3 is 9.47 Å². The van der Waals surface area contributed by atoms with Crippen LogP contribution in [0.3, 0.4) is 0 Å². The highest BCUT2D eigenvalue weighted by molar-refractivity contribution is 7.80. The number of methoxy groups -OCH3 is 2. The van der Waals surface area contributed by atoms with E-state index < -0.39 is 165 Å². The van der Waals surface area contributed by atoms with Crippen molar-refractivity contribution in [3.63, 3.8) is 0 Å². The fourth-order valence-corrected chi connectivity index (χ4v) is 11.9. The van der Waals surface area contributed by atoms with Crippen LogP contribution in [0.1, 0.15) is 45.6 Å². The Labute approximate surface area is 398 Å². The van der Waals surface area contributed by atoms with E-state index in [1.165, 1.54) is 0 Å². The third-order valence-electron chi connectivity index (χ3n) is 9.78. The van der Waals surface area contributed by atoms with Crippen molar-refractivity contribution in [2.45, 2.75) is 49.4 Å². The summed E-state index contributed by atoms with van der Waals surface area (Å²) in [6.07, 6.45) is -47.1. The summed E-state index contributed by atoms with van der Waals surface area (Å²) in [4.78, 5) is 10.1. The molecule has 6 aromatic rings. The summed E-state index contributed by atoms with van der Waals surface area (Å²) in [6.45, 7) is 0. The summed E-state index contributed by atoms with van der Waals surface area (Å²) in [5.41, 5.74) is -21.6. The summed E-state index contributed by atoms with van der Waals surface area (Å²) < 4.78 is 357. The molecule has 4 aromatic heterocycles. The molecule has 0 bridgehead atoms. The number of benzene rings is 2. The van der Waals surface area contributed by atoms with Crippen molar-refractivity contribution in [1.82, 2.24) is 19.9 Å². The monoisotopic (exact) mass is 1130 g/mol. The van der Waals surface area contributed by atoms with Crippen molar-refractivity contribution in [3.05, 3.63) is 130 Å². The van der Waals surface area contributed by atoms with E-state index in [0.717, 1.165) is 38.5 Å². The Bertz CT molecular complexity index is 2580. The van der Waals surface area contributed by atoms with Gasteiger partial charge in [-0.3, -0.25) is 0 Å². The van der Waals surface area contributed by atoms with Crippen LogP contribution in [0.2, 0.25) is 0 Å². The quantitative estimate of drug-likeness (QED) is 0.106. The van der Waals surface area contributed by atoms with Crippen molar-refractivity contribution in [2.75, 3.05) is 14.2 Å². The van der Waals surface area contributed by atoms with Gasteiger partial charge in [-0.15, -0.1) is 0 Å². The third kappa shape index (κ3) is 12.3. The number of halogens is 24. The number of nitrogens with zero attached hydrogens (tertiary/aromatic N) is 4. The molecule has 32 heteroatoms. The predicted molar refractivity (Wildman–Crippen MR) is 214 cm³/mol. The van der Waals surface area contributed by atoms with Crippen LogP contribution in [0.25, 0.3) is 11.1 Å². The molecule has 0 saturated heterocycles. The number of alkyl halides is 24. The Morgan fingerprint density at radius 2 is 0.473 bits per heavy atom. The van der Waals surface area contributed by atoms with E-state index in [0.29, 0.717) is 12.1 Å². The van der Waals surface area contributed by atoms with Crippen molar-refractivity contribution in [1.29, 1.82) is 0 Å². The van der Waals surface area contributed by atoms with Gasteiger partial charge in [0, 0.05) is 11.1 Å². The second-order valence-corrected chi connectivity index (χ2v) is 19.1.